The van der Waals surface area contributed by atoms with Gasteiger partial charge in [-0.1, -0.05) is 36.4 Å². The number of amides is 1. The number of rotatable bonds is 4. The number of hydrogen-bond donors (Lipinski definition) is 1. The molecule has 5 heteroatoms. The van der Waals surface area contributed by atoms with Crippen molar-refractivity contribution in [3.63, 3.8) is 0 Å². The summed E-state index contributed by atoms with van der Waals surface area (Å²) in [5.74, 6) is 0.406. The summed E-state index contributed by atoms with van der Waals surface area (Å²) in [5, 5.41) is 3.68. The third-order valence-corrected chi connectivity index (χ3v) is 3.89. The molecule has 1 N–H and O–H groups in total. The van der Waals surface area contributed by atoms with Crippen molar-refractivity contribution in [2.75, 3.05) is 0 Å². The molecule has 4 rings (SSSR count). The highest BCUT2D eigenvalue weighted by atomic mass is 16.3. The molecule has 0 spiro atoms. The summed E-state index contributed by atoms with van der Waals surface area (Å²) in [4.78, 5) is 17.2. The summed E-state index contributed by atoms with van der Waals surface area (Å²) >= 11 is 0. The lowest BCUT2D eigenvalue weighted by Crippen LogP contribution is -2.28. The van der Waals surface area contributed by atoms with Crippen LogP contribution in [0.15, 0.2) is 92.9 Å². The Morgan fingerprint density at radius 3 is 2.58 bits per heavy atom. The molecule has 0 aliphatic rings. The van der Waals surface area contributed by atoms with Gasteiger partial charge in [-0.2, -0.15) is 0 Å². The molecule has 128 valence electrons. The average molecular weight is 344 g/mol. The van der Waals surface area contributed by atoms with Crippen LogP contribution >= 0.6 is 0 Å². The first kappa shape index (κ1) is 15.9. The average Bonchev–Trinajstić information content (AvgIpc) is 3.20. The molecule has 0 saturated heterocycles. The highest BCUT2D eigenvalue weighted by molar-refractivity contribution is 5.96. The Bertz CT molecular complexity index is 1100. The molecule has 0 aliphatic carbocycles. The minimum absolute atomic E-state index is 0.270. The van der Waals surface area contributed by atoms with Crippen LogP contribution in [0.2, 0.25) is 0 Å². The monoisotopic (exact) mass is 344 g/mol. The lowest BCUT2D eigenvalue weighted by atomic mass is 10.1. The Kier molecular flexibility index (Phi) is 4.35. The first-order chi connectivity index (χ1) is 12.8. The Morgan fingerprint density at radius 1 is 0.962 bits per heavy atom. The molecule has 0 saturated carbocycles. The van der Waals surface area contributed by atoms with Gasteiger partial charge < -0.3 is 14.2 Å². The maximum atomic E-state index is 12.7. The van der Waals surface area contributed by atoms with E-state index in [1.165, 1.54) is 0 Å². The van der Waals surface area contributed by atoms with E-state index in [4.69, 9.17) is 8.83 Å². The molecule has 4 aromatic rings. The summed E-state index contributed by atoms with van der Waals surface area (Å²) in [6.07, 6.45) is 1.57. The fourth-order valence-electron chi connectivity index (χ4n) is 2.61. The van der Waals surface area contributed by atoms with Crippen molar-refractivity contribution < 1.29 is 13.6 Å². The van der Waals surface area contributed by atoms with Gasteiger partial charge in [-0.3, -0.25) is 4.79 Å². The summed E-state index contributed by atoms with van der Waals surface area (Å²) in [7, 11) is 0. The van der Waals surface area contributed by atoms with Crippen molar-refractivity contribution in [1.29, 1.82) is 0 Å². The second-order valence-corrected chi connectivity index (χ2v) is 5.71. The Balaban J connectivity index is 1.77. The SMILES string of the molecule is O=C(NCc1ccco1)c1cc2ccccc2oc1=Nc1ccccc1. The van der Waals surface area contributed by atoms with Gasteiger partial charge in [0.25, 0.3) is 5.91 Å². The molecule has 2 heterocycles. The number of hydrogen-bond acceptors (Lipinski definition) is 4. The summed E-state index contributed by atoms with van der Waals surface area (Å²) < 4.78 is 11.2. The predicted octanol–water partition coefficient (Wildman–Crippen LogP) is 4.19. The predicted molar refractivity (Wildman–Crippen MR) is 97.8 cm³/mol. The quantitative estimate of drug-likeness (QED) is 0.604. The van der Waals surface area contributed by atoms with E-state index in [1.807, 2.05) is 54.6 Å². The first-order valence-corrected chi connectivity index (χ1v) is 8.23. The number of para-hydroxylation sites is 2. The molecular formula is C21H16N2O3. The van der Waals surface area contributed by atoms with Crippen LogP contribution < -0.4 is 10.9 Å². The fourth-order valence-corrected chi connectivity index (χ4v) is 2.61. The lowest BCUT2D eigenvalue weighted by Gasteiger charge is -2.06. The van der Waals surface area contributed by atoms with Crippen LogP contribution in [0.5, 0.6) is 0 Å². The number of fused-ring (bicyclic) bond motifs is 1. The molecule has 26 heavy (non-hydrogen) atoms. The number of nitrogens with one attached hydrogen (secondary N) is 1. The zero-order valence-electron chi connectivity index (χ0n) is 13.9. The molecule has 2 aromatic carbocycles. The van der Waals surface area contributed by atoms with Gasteiger partial charge in [0.2, 0.25) is 5.55 Å². The van der Waals surface area contributed by atoms with Crippen molar-refractivity contribution in [2.45, 2.75) is 6.54 Å². The van der Waals surface area contributed by atoms with Crippen LogP contribution in [-0.4, -0.2) is 5.91 Å². The molecule has 0 radical (unpaired) electrons. The third kappa shape index (κ3) is 3.42. The number of carbonyl (C=O) groups is 1. The van der Waals surface area contributed by atoms with Gasteiger partial charge in [0.15, 0.2) is 0 Å². The van der Waals surface area contributed by atoms with Crippen LogP contribution in [0.3, 0.4) is 0 Å². The molecule has 0 aliphatic heterocycles. The molecular weight excluding hydrogens is 328 g/mol. The van der Waals surface area contributed by atoms with Crippen LogP contribution in [0.1, 0.15) is 16.1 Å². The fraction of sp³-hybridized carbons (Fsp3) is 0.0476. The van der Waals surface area contributed by atoms with Crippen LogP contribution in [-0.2, 0) is 6.54 Å². The van der Waals surface area contributed by atoms with Crippen molar-refractivity contribution >= 4 is 22.6 Å². The maximum Gasteiger partial charge on any atom is 0.257 e. The van der Waals surface area contributed by atoms with E-state index < -0.39 is 0 Å². The zero-order valence-corrected chi connectivity index (χ0v) is 13.9. The number of carbonyl (C=O) groups excluding carboxylic acids is 1. The van der Waals surface area contributed by atoms with E-state index in [0.717, 1.165) is 5.39 Å². The minimum atomic E-state index is -0.273. The van der Waals surface area contributed by atoms with Gasteiger partial charge in [-0.25, -0.2) is 4.99 Å². The summed E-state index contributed by atoms with van der Waals surface area (Å²) in [5.41, 5.74) is 2.03. The Hall–Kier alpha value is -3.60. The zero-order chi connectivity index (χ0) is 17.8. The van der Waals surface area contributed by atoms with Gasteiger partial charge >= 0.3 is 0 Å². The maximum absolute atomic E-state index is 12.7. The largest absolute Gasteiger partial charge is 0.467 e. The summed E-state index contributed by atoms with van der Waals surface area (Å²) in [6.45, 7) is 0.295. The van der Waals surface area contributed by atoms with Crippen molar-refractivity contribution in [3.8, 4) is 0 Å². The van der Waals surface area contributed by atoms with Crippen LogP contribution in [0.25, 0.3) is 11.0 Å². The van der Waals surface area contributed by atoms with Crippen molar-refractivity contribution in [3.05, 3.63) is 95.9 Å². The molecule has 0 unspecified atom stereocenters. The lowest BCUT2D eigenvalue weighted by molar-refractivity contribution is 0.0944. The number of furan rings is 1. The third-order valence-electron chi connectivity index (χ3n) is 3.89. The second-order valence-electron chi connectivity index (χ2n) is 5.71. The highest BCUT2D eigenvalue weighted by Gasteiger charge is 2.13. The van der Waals surface area contributed by atoms with Crippen LogP contribution in [0.4, 0.5) is 5.69 Å². The number of nitrogens with zero attached hydrogens (tertiary/aromatic N) is 1. The normalized spacial score (nSPS) is 11.6. The van der Waals surface area contributed by atoms with Gasteiger partial charge in [-0.15, -0.1) is 0 Å². The first-order valence-electron chi connectivity index (χ1n) is 8.23. The van der Waals surface area contributed by atoms with E-state index in [-0.39, 0.29) is 11.5 Å². The smallest absolute Gasteiger partial charge is 0.257 e. The van der Waals surface area contributed by atoms with Crippen molar-refractivity contribution in [2.24, 2.45) is 4.99 Å². The molecule has 1 amide bonds. The second kappa shape index (κ2) is 7.11. The standard InChI is InChI=1S/C21H16N2O3/c24-20(22-14-17-10-6-12-25-17)18-13-15-7-4-5-11-19(15)26-21(18)23-16-8-2-1-3-9-16/h1-13H,14H2,(H,22,24). The molecule has 0 bridgehead atoms. The highest BCUT2D eigenvalue weighted by Crippen LogP contribution is 2.15. The molecule has 5 nitrogen and oxygen atoms in total. The van der Waals surface area contributed by atoms with E-state index in [9.17, 15) is 4.79 Å². The van der Waals surface area contributed by atoms with Gasteiger partial charge in [0, 0.05) is 5.39 Å². The van der Waals surface area contributed by atoms with Gasteiger partial charge in [-0.05, 0) is 36.4 Å². The van der Waals surface area contributed by atoms with Gasteiger partial charge in [0.1, 0.15) is 16.9 Å². The molecule has 0 fully saturated rings. The van der Waals surface area contributed by atoms with E-state index in [2.05, 4.69) is 10.3 Å². The van der Waals surface area contributed by atoms with E-state index in [0.29, 0.717) is 29.1 Å². The van der Waals surface area contributed by atoms with Gasteiger partial charge in [0.05, 0.1) is 18.5 Å². The van der Waals surface area contributed by atoms with Crippen molar-refractivity contribution in [1.82, 2.24) is 5.32 Å². The Morgan fingerprint density at radius 2 is 1.77 bits per heavy atom. The molecule has 0 atom stereocenters. The summed E-state index contributed by atoms with van der Waals surface area (Å²) in [6, 6.07) is 22.3. The number of benzene rings is 2. The Labute approximate surface area is 149 Å². The topological polar surface area (TPSA) is 67.7 Å². The molecule has 2 aromatic heterocycles. The minimum Gasteiger partial charge on any atom is -0.467 e. The van der Waals surface area contributed by atoms with Crippen LogP contribution in [0, 0.1) is 0 Å². The van der Waals surface area contributed by atoms with E-state index in [1.54, 1.807) is 24.5 Å². The van der Waals surface area contributed by atoms with E-state index >= 15 is 0 Å².